The summed E-state index contributed by atoms with van der Waals surface area (Å²) in [6.45, 7) is 2.21. The Bertz CT molecular complexity index is 385. The Morgan fingerprint density at radius 2 is 2.12 bits per heavy atom. The zero-order valence-electron chi connectivity index (χ0n) is 9.19. The summed E-state index contributed by atoms with van der Waals surface area (Å²) in [5.41, 5.74) is 5.65. The van der Waals surface area contributed by atoms with Crippen LogP contribution in [0.15, 0.2) is 10.5 Å². The van der Waals surface area contributed by atoms with E-state index in [4.69, 9.17) is 10.5 Å². The summed E-state index contributed by atoms with van der Waals surface area (Å²) in [4.78, 5) is 0. The van der Waals surface area contributed by atoms with Gasteiger partial charge in [0.25, 0.3) is 0 Å². The summed E-state index contributed by atoms with van der Waals surface area (Å²) in [5, 5.41) is 0. The third kappa shape index (κ3) is 2.52. The molecule has 0 saturated heterocycles. The van der Waals surface area contributed by atoms with Crippen LogP contribution in [0.1, 0.15) is 24.8 Å². The fourth-order valence-electron chi connectivity index (χ4n) is 1.64. The lowest BCUT2D eigenvalue weighted by Crippen LogP contribution is -2.09. The molecule has 2 N–H and O–H groups in total. The van der Waals surface area contributed by atoms with E-state index in [0.29, 0.717) is 13.0 Å². The van der Waals surface area contributed by atoms with E-state index in [-0.39, 0.29) is 21.7 Å². The van der Waals surface area contributed by atoms with E-state index in [9.17, 15) is 8.78 Å². The highest BCUT2D eigenvalue weighted by Crippen LogP contribution is 2.36. The minimum Gasteiger partial charge on any atom is -0.493 e. The maximum absolute atomic E-state index is 13.9. The molecule has 0 aliphatic carbocycles. The van der Waals surface area contributed by atoms with Crippen LogP contribution in [-0.4, -0.2) is 13.7 Å². The SMILES string of the molecule is COc1c(F)cc(Br)c(F)c1C(C)CCN. The molecule has 0 heterocycles. The van der Waals surface area contributed by atoms with Gasteiger partial charge in [0, 0.05) is 5.56 Å². The molecule has 0 fully saturated rings. The van der Waals surface area contributed by atoms with Crippen molar-refractivity contribution < 1.29 is 13.5 Å². The van der Waals surface area contributed by atoms with E-state index in [0.717, 1.165) is 6.07 Å². The summed E-state index contributed by atoms with van der Waals surface area (Å²) < 4.78 is 32.4. The number of hydrogen-bond donors (Lipinski definition) is 1. The predicted octanol–water partition coefficient (Wildman–Crippen LogP) is 3.19. The highest BCUT2D eigenvalue weighted by atomic mass is 79.9. The molecule has 0 bridgehead atoms. The zero-order chi connectivity index (χ0) is 12.3. The minimum absolute atomic E-state index is 0.0401. The lowest BCUT2D eigenvalue weighted by atomic mass is 9.96. The van der Waals surface area contributed by atoms with Crippen LogP contribution in [0.5, 0.6) is 5.75 Å². The molecule has 0 saturated carbocycles. The molecule has 0 amide bonds. The first-order chi connectivity index (χ1) is 7.52. The quantitative estimate of drug-likeness (QED) is 0.866. The molecule has 0 radical (unpaired) electrons. The van der Waals surface area contributed by atoms with Gasteiger partial charge in [0.15, 0.2) is 11.6 Å². The van der Waals surface area contributed by atoms with Crippen LogP contribution in [0.25, 0.3) is 0 Å². The molecule has 5 heteroatoms. The van der Waals surface area contributed by atoms with Crippen LogP contribution in [-0.2, 0) is 0 Å². The summed E-state index contributed by atoms with van der Waals surface area (Å²) in [5.74, 6) is -1.29. The van der Waals surface area contributed by atoms with Crippen LogP contribution in [0.3, 0.4) is 0 Å². The van der Waals surface area contributed by atoms with E-state index in [2.05, 4.69) is 15.9 Å². The van der Waals surface area contributed by atoms with Gasteiger partial charge in [-0.1, -0.05) is 6.92 Å². The van der Waals surface area contributed by atoms with Gasteiger partial charge in [-0.25, -0.2) is 8.78 Å². The van der Waals surface area contributed by atoms with E-state index in [1.54, 1.807) is 6.92 Å². The second-order valence-corrected chi connectivity index (χ2v) is 4.43. The van der Waals surface area contributed by atoms with Crippen molar-refractivity contribution in [2.24, 2.45) is 5.73 Å². The van der Waals surface area contributed by atoms with Gasteiger partial charge >= 0.3 is 0 Å². The Labute approximate surface area is 102 Å². The fourth-order valence-corrected chi connectivity index (χ4v) is 2.05. The van der Waals surface area contributed by atoms with Gasteiger partial charge < -0.3 is 10.5 Å². The lowest BCUT2D eigenvalue weighted by Gasteiger charge is -2.17. The number of halogens is 3. The molecule has 1 aromatic carbocycles. The van der Waals surface area contributed by atoms with Crippen LogP contribution in [0, 0.1) is 11.6 Å². The Balaban J connectivity index is 3.32. The lowest BCUT2D eigenvalue weighted by molar-refractivity contribution is 0.370. The standard InChI is InChI=1S/C11H14BrF2NO/c1-6(3-4-15)9-10(14)7(12)5-8(13)11(9)16-2/h5-6H,3-4,15H2,1-2H3. The summed E-state index contributed by atoms with van der Waals surface area (Å²) in [6, 6.07) is 1.06. The Morgan fingerprint density at radius 1 is 1.50 bits per heavy atom. The number of benzene rings is 1. The second kappa shape index (κ2) is 5.59. The van der Waals surface area contributed by atoms with Crippen molar-refractivity contribution >= 4 is 15.9 Å². The Morgan fingerprint density at radius 3 is 2.62 bits per heavy atom. The smallest absolute Gasteiger partial charge is 0.166 e. The van der Waals surface area contributed by atoms with Crippen molar-refractivity contribution in [2.45, 2.75) is 19.3 Å². The number of nitrogens with two attached hydrogens (primary N) is 1. The topological polar surface area (TPSA) is 35.2 Å². The third-order valence-electron chi connectivity index (χ3n) is 2.46. The van der Waals surface area contributed by atoms with E-state index in [1.807, 2.05) is 0 Å². The van der Waals surface area contributed by atoms with Crippen molar-refractivity contribution in [3.63, 3.8) is 0 Å². The van der Waals surface area contributed by atoms with Gasteiger partial charge in [-0.05, 0) is 40.9 Å². The van der Waals surface area contributed by atoms with Gasteiger partial charge in [-0.15, -0.1) is 0 Å². The molecule has 1 atom stereocenters. The molecule has 1 unspecified atom stereocenters. The van der Waals surface area contributed by atoms with Crippen molar-refractivity contribution in [2.75, 3.05) is 13.7 Å². The first kappa shape index (κ1) is 13.4. The zero-order valence-corrected chi connectivity index (χ0v) is 10.8. The summed E-state index contributed by atoms with van der Waals surface area (Å²) >= 11 is 2.98. The predicted molar refractivity (Wildman–Crippen MR) is 62.7 cm³/mol. The van der Waals surface area contributed by atoms with E-state index in [1.165, 1.54) is 7.11 Å². The molecule has 90 valence electrons. The molecular weight excluding hydrogens is 280 g/mol. The van der Waals surface area contributed by atoms with Gasteiger partial charge in [0.1, 0.15) is 5.82 Å². The number of hydrogen-bond acceptors (Lipinski definition) is 2. The molecule has 2 nitrogen and oxygen atoms in total. The van der Waals surface area contributed by atoms with Crippen molar-refractivity contribution in [1.29, 1.82) is 0 Å². The van der Waals surface area contributed by atoms with Crippen molar-refractivity contribution in [3.8, 4) is 5.75 Å². The minimum atomic E-state index is -0.574. The van der Waals surface area contributed by atoms with Gasteiger partial charge in [-0.3, -0.25) is 0 Å². The second-order valence-electron chi connectivity index (χ2n) is 3.58. The number of methoxy groups -OCH3 is 1. The van der Waals surface area contributed by atoms with Crippen LogP contribution < -0.4 is 10.5 Å². The maximum atomic E-state index is 13.9. The molecule has 0 aliphatic heterocycles. The van der Waals surface area contributed by atoms with Crippen LogP contribution in [0.2, 0.25) is 0 Å². The van der Waals surface area contributed by atoms with Crippen LogP contribution >= 0.6 is 15.9 Å². The summed E-state index contributed by atoms with van der Waals surface area (Å²) in [6.07, 6.45) is 0.573. The van der Waals surface area contributed by atoms with E-state index >= 15 is 0 Å². The first-order valence-electron chi connectivity index (χ1n) is 4.94. The molecule has 1 aromatic rings. The average molecular weight is 294 g/mol. The molecule has 1 rings (SSSR count). The van der Waals surface area contributed by atoms with Gasteiger partial charge in [-0.2, -0.15) is 0 Å². The fraction of sp³-hybridized carbons (Fsp3) is 0.455. The molecule has 0 spiro atoms. The molecule has 0 aliphatic rings. The first-order valence-corrected chi connectivity index (χ1v) is 5.73. The van der Waals surface area contributed by atoms with Crippen molar-refractivity contribution in [3.05, 3.63) is 27.7 Å². The number of ether oxygens (including phenoxy) is 1. The third-order valence-corrected chi connectivity index (χ3v) is 3.03. The highest BCUT2D eigenvalue weighted by Gasteiger charge is 2.22. The maximum Gasteiger partial charge on any atom is 0.166 e. The molecule has 0 aromatic heterocycles. The summed E-state index contributed by atoms with van der Waals surface area (Å²) in [7, 11) is 1.32. The van der Waals surface area contributed by atoms with Crippen molar-refractivity contribution in [1.82, 2.24) is 0 Å². The highest BCUT2D eigenvalue weighted by molar-refractivity contribution is 9.10. The van der Waals surface area contributed by atoms with Crippen LogP contribution in [0.4, 0.5) is 8.78 Å². The Hall–Kier alpha value is -0.680. The Kier molecular flexibility index (Phi) is 4.68. The number of rotatable bonds is 4. The van der Waals surface area contributed by atoms with Gasteiger partial charge in [0.2, 0.25) is 0 Å². The van der Waals surface area contributed by atoms with E-state index < -0.39 is 11.6 Å². The van der Waals surface area contributed by atoms with Gasteiger partial charge in [0.05, 0.1) is 11.6 Å². The molecule has 16 heavy (non-hydrogen) atoms. The monoisotopic (exact) mass is 293 g/mol. The normalized spacial score (nSPS) is 12.6. The average Bonchev–Trinajstić information content (AvgIpc) is 2.23. The molecular formula is C11H14BrF2NO. The largest absolute Gasteiger partial charge is 0.493 e.